The molecule has 0 radical (unpaired) electrons. The molecule has 4 saturated carbocycles. The average Bonchev–Trinajstić information content (AvgIpc) is 3.21. The van der Waals surface area contributed by atoms with Gasteiger partial charge in [0.15, 0.2) is 0 Å². The van der Waals surface area contributed by atoms with Gasteiger partial charge < -0.3 is 15.4 Å². The van der Waals surface area contributed by atoms with Crippen molar-refractivity contribution in [3.63, 3.8) is 0 Å². The summed E-state index contributed by atoms with van der Waals surface area (Å²) in [6.07, 6.45) is 8.42. The zero-order valence-corrected chi connectivity index (χ0v) is 19.4. The van der Waals surface area contributed by atoms with Crippen molar-refractivity contribution in [1.82, 2.24) is 24.9 Å². The summed E-state index contributed by atoms with van der Waals surface area (Å²) in [4.78, 5) is 23.8. The lowest BCUT2D eigenvalue weighted by Crippen LogP contribution is -2.57. The topological polar surface area (TPSA) is 108 Å². The molecule has 6 rings (SSSR count). The van der Waals surface area contributed by atoms with E-state index in [1.54, 1.807) is 6.20 Å². The highest BCUT2D eigenvalue weighted by Gasteiger charge is 2.60. The number of amides is 1. The van der Waals surface area contributed by atoms with Crippen LogP contribution in [0.15, 0.2) is 16.7 Å². The number of nitrogens with one attached hydrogen (secondary N) is 1. The smallest absolute Gasteiger partial charge is 0.358 e. The zero-order valence-electron chi connectivity index (χ0n) is 17.8. The predicted molar refractivity (Wildman–Crippen MR) is 116 cm³/mol. The molecule has 1 amide bonds. The number of nitrogens with zero attached hydrogens (tertiary/aromatic N) is 5. The molecule has 0 aromatic carbocycles. The van der Waals surface area contributed by atoms with E-state index in [4.69, 9.17) is 0 Å². The van der Waals surface area contributed by atoms with Crippen LogP contribution in [0.1, 0.15) is 56.3 Å². The summed E-state index contributed by atoms with van der Waals surface area (Å²) in [5.41, 5.74) is 1.65. The van der Waals surface area contributed by atoms with Crippen molar-refractivity contribution >= 4 is 27.7 Å². The summed E-state index contributed by atoms with van der Waals surface area (Å²) in [6, 6.07) is 1.99. The quantitative estimate of drug-likeness (QED) is 0.491. The lowest BCUT2D eigenvalue weighted by atomic mass is 9.46. The highest BCUT2D eigenvalue weighted by atomic mass is 79.9. The van der Waals surface area contributed by atoms with Crippen LogP contribution in [-0.2, 0) is 23.9 Å². The highest BCUT2D eigenvalue weighted by Crippen LogP contribution is 2.65. The van der Waals surface area contributed by atoms with Crippen molar-refractivity contribution in [2.45, 2.75) is 64.0 Å². The maximum Gasteiger partial charge on any atom is 0.404 e. The number of hydrogen-bond donors (Lipinski definition) is 1. The maximum atomic E-state index is 12.9. The first-order chi connectivity index (χ1) is 14.7. The second-order valence-corrected chi connectivity index (χ2v) is 10.9. The number of rotatable bonds is 6. The normalized spacial score (nSPS) is 31.2. The molecule has 4 fully saturated rings. The second kappa shape index (κ2) is 7.15. The van der Waals surface area contributed by atoms with Crippen LogP contribution in [0.3, 0.4) is 0 Å². The van der Waals surface area contributed by atoms with Gasteiger partial charge in [-0.1, -0.05) is 0 Å². The van der Waals surface area contributed by atoms with Crippen LogP contribution in [0.4, 0.5) is 5.82 Å². The standard InChI is InChI=1S/C21H27BrN6O3/c1-13-3-16(24-26(13)2)10-23-18(29)9-20-5-14-4-15(6-20)8-21(7-14,12-20)27-11-17(22)19(25-27)28(30)31/h3,11,14-15H,4-10,12H2,1-2H3,(H,23,29). The molecule has 9 nitrogen and oxygen atoms in total. The van der Waals surface area contributed by atoms with Crippen LogP contribution in [0.2, 0.25) is 0 Å². The Kier molecular flexibility index (Phi) is 4.76. The zero-order chi connectivity index (χ0) is 22.0. The molecule has 1 N–H and O–H groups in total. The van der Waals surface area contributed by atoms with Gasteiger partial charge in [-0.25, -0.2) is 0 Å². The minimum atomic E-state index is -0.441. The number of nitro groups is 1. The number of carbonyl (C=O) groups excluding carboxylic acids is 1. The van der Waals surface area contributed by atoms with E-state index < -0.39 is 4.92 Å². The fourth-order valence-electron chi connectivity index (χ4n) is 6.90. The lowest BCUT2D eigenvalue weighted by molar-refractivity contribution is -0.390. The van der Waals surface area contributed by atoms with Crippen molar-refractivity contribution < 1.29 is 9.72 Å². The minimum Gasteiger partial charge on any atom is -0.358 e. The van der Waals surface area contributed by atoms with Crippen molar-refractivity contribution in [2.24, 2.45) is 24.3 Å². The molecule has 2 aromatic rings. The van der Waals surface area contributed by atoms with Crippen LogP contribution in [0, 0.1) is 34.3 Å². The molecule has 4 bridgehead atoms. The first-order valence-corrected chi connectivity index (χ1v) is 11.6. The molecule has 2 aromatic heterocycles. The fourth-order valence-corrected chi connectivity index (χ4v) is 7.32. The molecular weight excluding hydrogens is 464 g/mol. The van der Waals surface area contributed by atoms with Gasteiger partial charge in [-0.3, -0.25) is 9.48 Å². The molecule has 2 unspecified atom stereocenters. The van der Waals surface area contributed by atoms with Crippen molar-refractivity contribution in [3.8, 4) is 0 Å². The molecule has 0 saturated heterocycles. The van der Waals surface area contributed by atoms with E-state index in [2.05, 4.69) is 31.4 Å². The third-order valence-electron chi connectivity index (χ3n) is 7.63. The average molecular weight is 491 g/mol. The highest BCUT2D eigenvalue weighted by molar-refractivity contribution is 9.10. The SMILES string of the molecule is Cc1cc(CNC(=O)CC23CC4CC(C2)CC(n2cc(Br)c([N+](=O)[O-])n2)(C4)C3)nn1C. The van der Waals surface area contributed by atoms with E-state index in [1.807, 2.05) is 29.4 Å². The van der Waals surface area contributed by atoms with Gasteiger partial charge in [-0.15, -0.1) is 0 Å². The number of carbonyl (C=O) groups is 1. The van der Waals surface area contributed by atoms with Gasteiger partial charge >= 0.3 is 5.82 Å². The minimum absolute atomic E-state index is 0.0542. The van der Waals surface area contributed by atoms with Gasteiger partial charge in [0.05, 0.1) is 29.1 Å². The Morgan fingerprint density at radius 1 is 1.32 bits per heavy atom. The second-order valence-electron chi connectivity index (χ2n) is 10.0. The molecule has 2 heterocycles. The Bertz CT molecular complexity index is 1030. The molecule has 10 heteroatoms. The first kappa shape index (κ1) is 20.7. The molecule has 4 aliphatic rings. The lowest BCUT2D eigenvalue weighted by Gasteiger charge is -2.61. The molecule has 166 valence electrons. The number of aryl methyl sites for hydroxylation is 2. The van der Waals surface area contributed by atoms with E-state index in [1.165, 1.54) is 6.42 Å². The summed E-state index contributed by atoms with van der Waals surface area (Å²) in [6.45, 7) is 2.43. The Morgan fingerprint density at radius 2 is 2.03 bits per heavy atom. The van der Waals surface area contributed by atoms with E-state index in [0.29, 0.717) is 29.3 Å². The monoisotopic (exact) mass is 490 g/mol. The maximum absolute atomic E-state index is 12.9. The molecular formula is C21H27BrN6O3. The van der Waals surface area contributed by atoms with Crippen molar-refractivity contribution in [1.29, 1.82) is 0 Å². The Balaban J connectivity index is 1.34. The van der Waals surface area contributed by atoms with Crippen LogP contribution in [0.25, 0.3) is 0 Å². The van der Waals surface area contributed by atoms with Crippen LogP contribution in [-0.4, -0.2) is 30.4 Å². The Labute approximate surface area is 188 Å². The van der Waals surface area contributed by atoms with Crippen molar-refractivity contribution in [2.75, 3.05) is 0 Å². The third-order valence-corrected chi connectivity index (χ3v) is 8.19. The Hall–Kier alpha value is -2.23. The third kappa shape index (κ3) is 3.58. The predicted octanol–water partition coefficient (Wildman–Crippen LogP) is 3.60. The summed E-state index contributed by atoms with van der Waals surface area (Å²) < 4.78 is 4.08. The van der Waals surface area contributed by atoms with Crippen LogP contribution >= 0.6 is 15.9 Å². The number of hydrogen-bond acceptors (Lipinski definition) is 5. The van der Waals surface area contributed by atoms with Gasteiger partial charge in [-0.2, -0.15) is 9.78 Å². The van der Waals surface area contributed by atoms with Gasteiger partial charge in [0, 0.05) is 19.2 Å². The van der Waals surface area contributed by atoms with Gasteiger partial charge in [0.1, 0.15) is 4.47 Å². The van der Waals surface area contributed by atoms with E-state index in [-0.39, 0.29) is 22.7 Å². The summed E-state index contributed by atoms with van der Waals surface area (Å²) in [5, 5.41) is 23.2. The summed E-state index contributed by atoms with van der Waals surface area (Å²) >= 11 is 3.30. The molecule has 0 spiro atoms. The van der Waals surface area contributed by atoms with Gasteiger partial charge in [0.2, 0.25) is 5.91 Å². The van der Waals surface area contributed by atoms with Gasteiger partial charge in [-0.05, 0) is 89.6 Å². The van der Waals surface area contributed by atoms with E-state index in [0.717, 1.165) is 43.5 Å². The van der Waals surface area contributed by atoms with Crippen LogP contribution < -0.4 is 5.32 Å². The van der Waals surface area contributed by atoms with Gasteiger partial charge in [0.25, 0.3) is 0 Å². The fraction of sp³-hybridized carbons (Fsp3) is 0.667. The molecule has 4 aliphatic carbocycles. The molecule has 2 atom stereocenters. The molecule has 31 heavy (non-hydrogen) atoms. The van der Waals surface area contributed by atoms with E-state index in [9.17, 15) is 14.9 Å². The number of aromatic nitrogens is 4. The first-order valence-electron chi connectivity index (χ1n) is 10.8. The summed E-state index contributed by atoms with van der Waals surface area (Å²) in [5.74, 6) is 1.03. The van der Waals surface area contributed by atoms with Crippen LogP contribution in [0.5, 0.6) is 0 Å². The van der Waals surface area contributed by atoms with Crippen molar-refractivity contribution in [3.05, 3.63) is 38.2 Å². The summed E-state index contributed by atoms with van der Waals surface area (Å²) in [7, 11) is 1.90. The largest absolute Gasteiger partial charge is 0.404 e. The van der Waals surface area contributed by atoms with E-state index >= 15 is 0 Å². The number of halogens is 1. The Morgan fingerprint density at radius 3 is 2.61 bits per heavy atom. The molecule has 0 aliphatic heterocycles.